The Hall–Kier alpha value is -0.340. The van der Waals surface area contributed by atoms with Crippen LogP contribution in [-0.2, 0) is 9.47 Å². The van der Waals surface area contributed by atoms with E-state index in [1.54, 1.807) is 14.2 Å². The molecule has 0 unspecified atom stereocenters. The van der Waals surface area contributed by atoms with E-state index in [0.29, 0.717) is 0 Å². The fraction of sp³-hybridized carbons (Fsp3) is 0.667. The fourth-order valence-electron chi connectivity index (χ4n) is 0.718. The lowest BCUT2D eigenvalue weighted by Gasteiger charge is -2.25. The summed E-state index contributed by atoms with van der Waals surface area (Å²) in [6.07, 6.45) is 4.35. The molecule has 0 heterocycles. The lowest BCUT2D eigenvalue weighted by molar-refractivity contribution is -0.00249. The zero-order chi connectivity index (χ0) is 5.98. The van der Waals surface area contributed by atoms with E-state index in [2.05, 4.69) is 0 Å². The molecule has 0 saturated carbocycles. The van der Waals surface area contributed by atoms with Crippen LogP contribution < -0.4 is 0 Å². The summed E-state index contributed by atoms with van der Waals surface area (Å²) in [5.74, 6) is 0. The van der Waals surface area contributed by atoms with Crippen molar-refractivity contribution in [2.75, 3.05) is 14.2 Å². The molecule has 1 rings (SSSR count). The van der Waals surface area contributed by atoms with Crippen molar-refractivity contribution in [3.63, 3.8) is 0 Å². The van der Waals surface area contributed by atoms with Gasteiger partial charge in [0.25, 0.3) is 0 Å². The summed E-state index contributed by atoms with van der Waals surface area (Å²) >= 11 is 0. The zero-order valence-electron chi connectivity index (χ0n) is 5.13. The molecular formula is C6H10O2. The lowest BCUT2D eigenvalue weighted by atomic mass is 10.0. The van der Waals surface area contributed by atoms with Gasteiger partial charge in [0.05, 0.1) is 0 Å². The van der Waals surface area contributed by atoms with Gasteiger partial charge in [0.15, 0.2) is 0 Å². The molecule has 0 spiro atoms. The third kappa shape index (κ3) is 0.767. The highest BCUT2D eigenvalue weighted by Gasteiger charge is 2.22. The van der Waals surface area contributed by atoms with E-state index in [4.69, 9.17) is 9.47 Å². The zero-order valence-corrected chi connectivity index (χ0v) is 5.13. The van der Waals surface area contributed by atoms with Gasteiger partial charge in [0, 0.05) is 14.2 Å². The van der Waals surface area contributed by atoms with Gasteiger partial charge in [0.1, 0.15) is 12.2 Å². The minimum Gasteiger partial charge on any atom is -0.374 e. The summed E-state index contributed by atoms with van der Waals surface area (Å²) in [5.41, 5.74) is 0. The molecule has 8 heavy (non-hydrogen) atoms. The molecule has 0 amide bonds. The second kappa shape index (κ2) is 2.29. The molecule has 0 bridgehead atoms. The molecule has 0 saturated heterocycles. The van der Waals surface area contributed by atoms with Crippen LogP contribution in [0.5, 0.6) is 0 Å². The molecule has 0 aliphatic heterocycles. The first-order valence-corrected chi connectivity index (χ1v) is 2.62. The van der Waals surface area contributed by atoms with Crippen LogP contribution in [0, 0.1) is 0 Å². The van der Waals surface area contributed by atoms with Gasteiger partial charge in [0.2, 0.25) is 0 Å². The molecule has 1 aliphatic carbocycles. The van der Waals surface area contributed by atoms with E-state index >= 15 is 0 Å². The topological polar surface area (TPSA) is 18.5 Å². The molecule has 2 atom stereocenters. The standard InChI is InChI=1S/C6H10O2/c1-7-5-3-4-6(5)8-2/h3-6H,1-2H3/t5-,6+. The largest absolute Gasteiger partial charge is 0.374 e. The van der Waals surface area contributed by atoms with Crippen LogP contribution in [0.2, 0.25) is 0 Å². The second-order valence-corrected chi connectivity index (χ2v) is 1.79. The summed E-state index contributed by atoms with van der Waals surface area (Å²) in [5, 5.41) is 0. The minimum absolute atomic E-state index is 0.194. The maximum Gasteiger partial charge on any atom is 0.105 e. The molecule has 0 aromatic rings. The Balaban J connectivity index is 2.30. The van der Waals surface area contributed by atoms with Gasteiger partial charge in [-0.25, -0.2) is 0 Å². The quantitative estimate of drug-likeness (QED) is 0.489. The van der Waals surface area contributed by atoms with Gasteiger partial charge in [-0.2, -0.15) is 0 Å². The van der Waals surface area contributed by atoms with Crippen LogP contribution in [0.4, 0.5) is 0 Å². The Morgan fingerprint density at radius 1 is 1.00 bits per heavy atom. The molecule has 0 aromatic carbocycles. The first kappa shape index (κ1) is 5.79. The number of methoxy groups -OCH3 is 2. The van der Waals surface area contributed by atoms with Gasteiger partial charge in [-0.1, -0.05) is 12.2 Å². The van der Waals surface area contributed by atoms with E-state index < -0.39 is 0 Å². The SMILES string of the molecule is CO[C@H]1C=C[C@H]1OC. The van der Waals surface area contributed by atoms with Crippen molar-refractivity contribution < 1.29 is 9.47 Å². The van der Waals surface area contributed by atoms with Crippen molar-refractivity contribution in [3.05, 3.63) is 12.2 Å². The van der Waals surface area contributed by atoms with Crippen LogP contribution in [0.1, 0.15) is 0 Å². The Kier molecular flexibility index (Phi) is 1.65. The predicted molar refractivity (Wildman–Crippen MR) is 30.7 cm³/mol. The Morgan fingerprint density at radius 2 is 1.38 bits per heavy atom. The van der Waals surface area contributed by atoms with Gasteiger partial charge in [-0.3, -0.25) is 0 Å². The van der Waals surface area contributed by atoms with Crippen LogP contribution in [0.3, 0.4) is 0 Å². The first-order chi connectivity index (χ1) is 3.88. The highest BCUT2D eigenvalue weighted by atomic mass is 16.5. The van der Waals surface area contributed by atoms with Gasteiger partial charge < -0.3 is 9.47 Å². The normalized spacial score (nSPS) is 34.8. The monoisotopic (exact) mass is 114 g/mol. The van der Waals surface area contributed by atoms with E-state index in [0.717, 1.165) is 0 Å². The number of hydrogen-bond acceptors (Lipinski definition) is 2. The fourth-order valence-corrected chi connectivity index (χ4v) is 0.718. The molecule has 0 fully saturated rings. The van der Waals surface area contributed by atoms with Gasteiger partial charge in [-0.05, 0) is 0 Å². The third-order valence-corrected chi connectivity index (χ3v) is 1.36. The van der Waals surface area contributed by atoms with Crippen molar-refractivity contribution in [2.45, 2.75) is 12.2 Å². The third-order valence-electron chi connectivity index (χ3n) is 1.36. The predicted octanol–water partition coefficient (Wildman–Crippen LogP) is 0.586. The lowest BCUT2D eigenvalue weighted by Crippen LogP contribution is -2.33. The molecule has 0 N–H and O–H groups in total. The van der Waals surface area contributed by atoms with E-state index in [1.807, 2.05) is 12.2 Å². The van der Waals surface area contributed by atoms with Gasteiger partial charge in [-0.15, -0.1) is 0 Å². The van der Waals surface area contributed by atoms with Gasteiger partial charge >= 0.3 is 0 Å². The van der Waals surface area contributed by atoms with Crippen LogP contribution in [0.25, 0.3) is 0 Å². The maximum atomic E-state index is 4.98. The van der Waals surface area contributed by atoms with Crippen molar-refractivity contribution >= 4 is 0 Å². The number of hydrogen-bond donors (Lipinski definition) is 0. The van der Waals surface area contributed by atoms with E-state index in [-0.39, 0.29) is 12.2 Å². The van der Waals surface area contributed by atoms with Crippen LogP contribution >= 0.6 is 0 Å². The van der Waals surface area contributed by atoms with E-state index in [1.165, 1.54) is 0 Å². The average molecular weight is 114 g/mol. The molecule has 1 aliphatic rings. The highest BCUT2D eigenvalue weighted by molar-refractivity contribution is 5.12. The summed E-state index contributed by atoms with van der Waals surface area (Å²) in [6, 6.07) is 0. The van der Waals surface area contributed by atoms with Crippen LogP contribution in [0.15, 0.2) is 12.2 Å². The Labute approximate surface area is 49.1 Å². The molecule has 2 nitrogen and oxygen atoms in total. The van der Waals surface area contributed by atoms with Crippen molar-refractivity contribution in [3.8, 4) is 0 Å². The summed E-state index contributed by atoms with van der Waals surface area (Å²) in [6.45, 7) is 0. The number of ether oxygens (including phenoxy) is 2. The molecular weight excluding hydrogens is 104 g/mol. The first-order valence-electron chi connectivity index (χ1n) is 2.62. The Morgan fingerprint density at radius 3 is 1.50 bits per heavy atom. The molecule has 0 aromatic heterocycles. The van der Waals surface area contributed by atoms with Crippen molar-refractivity contribution in [2.24, 2.45) is 0 Å². The Bertz CT molecular complexity index is 86.7. The van der Waals surface area contributed by atoms with Crippen molar-refractivity contribution in [1.29, 1.82) is 0 Å². The second-order valence-electron chi connectivity index (χ2n) is 1.79. The smallest absolute Gasteiger partial charge is 0.105 e. The average Bonchev–Trinajstić information content (AvgIpc) is 1.66. The molecule has 46 valence electrons. The van der Waals surface area contributed by atoms with Crippen molar-refractivity contribution in [1.82, 2.24) is 0 Å². The summed E-state index contributed by atoms with van der Waals surface area (Å²) in [4.78, 5) is 0. The number of rotatable bonds is 2. The summed E-state index contributed by atoms with van der Waals surface area (Å²) < 4.78 is 9.96. The summed E-state index contributed by atoms with van der Waals surface area (Å²) in [7, 11) is 3.36. The molecule has 2 heteroatoms. The molecule has 0 radical (unpaired) electrons. The maximum absolute atomic E-state index is 4.98. The highest BCUT2D eigenvalue weighted by Crippen LogP contribution is 2.14. The van der Waals surface area contributed by atoms with Crippen LogP contribution in [-0.4, -0.2) is 26.4 Å². The minimum atomic E-state index is 0.194. The van der Waals surface area contributed by atoms with E-state index in [9.17, 15) is 0 Å².